The lowest BCUT2D eigenvalue weighted by Gasteiger charge is -2.05. The number of hydrogen-bond acceptors (Lipinski definition) is 2. The fourth-order valence-electron chi connectivity index (χ4n) is 3.31. The van der Waals surface area contributed by atoms with Crippen molar-refractivity contribution in [1.29, 1.82) is 0 Å². The number of unbranched alkanes of at least 4 members (excludes halogenated alkanes) is 11. The molecular weight excluding hydrogens is 260 g/mol. The van der Waals surface area contributed by atoms with E-state index in [4.69, 9.17) is 4.74 Å². The average Bonchev–Trinajstić information content (AvgIpc) is 2.78. The molecule has 1 aliphatic heterocycles. The van der Waals surface area contributed by atoms with Crippen LogP contribution in [0.2, 0.25) is 0 Å². The molecule has 1 heterocycles. The van der Waals surface area contributed by atoms with Gasteiger partial charge in [-0.15, -0.1) is 0 Å². The molecular formula is C19H36O2. The molecule has 2 heteroatoms. The van der Waals surface area contributed by atoms with Gasteiger partial charge in [-0.25, -0.2) is 0 Å². The number of ether oxygens (including phenoxy) is 1. The quantitative estimate of drug-likeness (QED) is 0.306. The summed E-state index contributed by atoms with van der Waals surface area (Å²) in [4.78, 5) is 11.5. The van der Waals surface area contributed by atoms with Gasteiger partial charge in [0.15, 0.2) is 0 Å². The largest absolute Gasteiger partial charge is 0.462 e. The number of rotatable bonds is 13. The number of esters is 1. The Balaban J connectivity index is 1.78. The number of carbonyl (C=O) groups is 1. The number of carbonyl (C=O) groups excluding carboxylic acids is 1. The van der Waals surface area contributed by atoms with Crippen LogP contribution in [0.1, 0.15) is 104 Å². The fraction of sp³-hybridized carbons (Fsp3) is 0.947. The van der Waals surface area contributed by atoms with Gasteiger partial charge in [0.1, 0.15) is 0 Å². The van der Waals surface area contributed by atoms with Crippen molar-refractivity contribution in [3.8, 4) is 0 Å². The fourth-order valence-corrected chi connectivity index (χ4v) is 3.31. The Hall–Kier alpha value is -0.530. The van der Waals surface area contributed by atoms with E-state index in [2.05, 4.69) is 6.92 Å². The molecule has 21 heavy (non-hydrogen) atoms. The van der Waals surface area contributed by atoms with E-state index in [0.717, 1.165) is 12.8 Å². The summed E-state index contributed by atoms with van der Waals surface area (Å²) in [5.74, 6) is 0.244. The molecule has 0 aliphatic carbocycles. The lowest BCUT2D eigenvalue weighted by Crippen LogP contribution is -2.07. The van der Waals surface area contributed by atoms with Crippen LogP contribution in [0.4, 0.5) is 0 Å². The van der Waals surface area contributed by atoms with Crippen molar-refractivity contribution in [2.75, 3.05) is 0 Å². The van der Waals surface area contributed by atoms with Crippen molar-refractivity contribution in [2.24, 2.45) is 5.92 Å². The van der Waals surface area contributed by atoms with Crippen LogP contribution < -0.4 is 0 Å². The second kappa shape index (κ2) is 12.1. The molecule has 1 saturated heterocycles. The SMILES string of the molecule is CCCCCCCCCCCCCCC1CC(C)OC1=O. The minimum Gasteiger partial charge on any atom is -0.462 e. The van der Waals surface area contributed by atoms with E-state index in [-0.39, 0.29) is 18.0 Å². The predicted molar refractivity (Wildman–Crippen MR) is 89.4 cm³/mol. The summed E-state index contributed by atoms with van der Waals surface area (Å²) in [5, 5.41) is 0. The van der Waals surface area contributed by atoms with Crippen LogP contribution in [-0.2, 0) is 9.53 Å². The standard InChI is InChI=1S/C19H36O2/c1-3-4-5-6-7-8-9-10-11-12-13-14-15-18-16-17(2)21-19(18)20/h17-18H,3-16H2,1-2H3. The van der Waals surface area contributed by atoms with Crippen LogP contribution in [0.3, 0.4) is 0 Å². The zero-order chi connectivity index (χ0) is 15.3. The number of cyclic esters (lactones) is 1. The molecule has 0 N–H and O–H groups in total. The Kier molecular flexibility index (Phi) is 10.6. The summed E-state index contributed by atoms with van der Waals surface area (Å²) in [7, 11) is 0. The van der Waals surface area contributed by atoms with E-state index in [9.17, 15) is 4.79 Å². The zero-order valence-corrected chi connectivity index (χ0v) is 14.4. The molecule has 1 aliphatic rings. The molecule has 1 rings (SSSR count). The molecule has 0 aromatic heterocycles. The topological polar surface area (TPSA) is 26.3 Å². The first kappa shape index (κ1) is 18.5. The first-order valence-electron chi connectivity index (χ1n) is 9.44. The maximum atomic E-state index is 11.5. The van der Waals surface area contributed by atoms with Gasteiger partial charge in [0, 0.05) is 0 Å². The normalized spacial score (nSPS) is 21.7. The maximum absolute atomic E-state index is 11.5. The van der Waals surface area contributed by atoms with Crippen LogP contribution in [0.25, 0.3) is 0 Å². The van der Waals surface area contributed by atoms with Crippen molar-refractivity contribution in [3.05, 3.63) is 0 Å². The van der Waals surface area contributed by atoms with Gasteiger partial charge >= 0.3 is 5.97 Å². The maximum Gasteiger partial charge on any atom is 0.309 e. The lowest BCUT2D eigenvalue weighted by molar-refractivity contribution is -0.143. The van der Waals surface area contributed by atoms with E-state index in [1.807, 2.05) is 6.92 Å². The highest BCUT2D eigenvalue weighted by Gasteiger charge is 2.30. The molecule has 2 atom stereocenters. The second-order valence-corrected chi connectivity index (χ2v) is 6.86. The molecule has 0 saturated carbocycles. The van der Waals surface area contributed by atoms with Crippen molar-refractivity contribution < 1.29 is 9.53 Å². The van der Waals surface area contributed by atoms with E-state index in [0.29, 0.717) is 0 Å². The van der Waals surface area contributed by atoms with Gasteiger partial charge in [-0.1, -0.05) is 84.0 Å². The van der Waals surface area contributed by atoms with E-state index < -0.39 is 0 Å². The van der Waals surface area contributed by atoms with Crippen molar-refractivity contribution in [1.82, 2.24) is 0 Å². The molecule has 0 bridgehead atoms. The molecule has 124 valence electrons. The minimum atomic E-state index is 0.0468. The summed E-state index contributed by atoms with van der Waals surface area (Å²) in [5.41, 5.74) is 0. The van der Waals surface area contributed by atoms with E-state index in [1.54, 1.807) is 0 Å². The monoisotopic (exact) mass is 296 g/mol. The lowest BCUT2D eigenvalue weighted by atomic mass is 9.97. The van der Waals surface area contributed by atoms with Crippen LogP contribution in [0.15, 0.2) is 0 Å². The van der Waals surface area contributed by atoms with Crippen LogP contribution in [0, 0.1) is 5.92 Å². The number of hydrogen-bond donors (Lipinski definition) is 0. The van der Waals surface area contributed by atoms with Gasteiger partial charge in [0.2, 0.25) is 0 Å². The molecule has 1 fully saturated rings. The molecule has 0 aromatic rings. The molecule has 0 radical (unpaired) electrons. The Morgan fingerprint density at radius 2 is 1.33 bits per heavy atom. The van der Waals surface area contributed by atoms with Gasteiger partial charge < -0.3 is 4.74 Å². The van der Waals surface area contributed by atoms with Gasteiger partial charge in [0.05, 0.1) is 12.0 Å². The highest BCUT2D eigenvalue weighted by atomic mass is 16.5. The summed E-state index contributed by atoms with van der Waals surface area (Å²) in [6.07, 6.45) is 18.6. The van der Waals surface area contributed by atoms with Gasteiger partial charge in [-0.3, -0.25) is 4.79 Å². The average molecular weight is 296 g/mol. The first-order chi connectivity index (χ1) is 10.2. The summed E-state index contributed by atoms with van der Waals surface area (Å²) in [6, 6.07) is 0. The summed E-state index contributed by atoms with van der Waals surface area (Å²) < 4.78 is 5.19. The van der Waals surface area contributed by atoms with Crippen molar-refractivity contribution >= 4 is 5.97 Å². The Bertz CT molecular complexity index is 262. The van der Waals surface area contributed by atoms with E-state index >= 15 is 0 Å². The third-order valence-electron chi connectivity index (χ3n) is 4.67. The smallest absolute Gasteiger partial charge is 0.309 e. The first-order valence-corrected chi connectivity index (χ1v) is 9.44. The zero-order valence-electron chi connectivity index (χ0n) is 14.4. The molecule has 0 amide bonds. The minimum absolute atomic E-state index is 0.0468. The van der Waals surface area contributed by atoms with E-state index in [1.165, 1.54) is 77.0 Å². The highest BCUT2D eigenvalue weighted by molar-refractivity contribution is 5.74. The predicted octanol–water partition coefficient (Wildman–Crippen LogP) is 6.03. The van der Waals surface area contributed by atoms with Crippen LogP contribution >= 0.6 is 0 Å². The molecule has 0 aromatic carbocycles. The summed E-state index contributed by atoms with van der Waals surface area (Å²) in [6.45, 7) is 4.27. The Labute approximate surface area is 132 Å². The summed E-state index contributed by atoms with van der Waals surface area (Å²) >= 11 is 0. The molecule has 2 unspecified atom stereocenters. The van der Waals surface area contributed by atoms with Gasteiger partial charge in [-0.05, 0) is 19.8 Å². The Morgan fingerprint density at radius 1 is 0.857 bits per heavy atom. The van der Waals surface area contributed by atoms with Crippen molar-refractivity contribution in [3.63, 3.8) is 0 Å². The van der Waals surface area contributed by atoms with Gasteiger partial charge in [-0.2, -0.15) is 0 Å². The van der Waals surface area contributed by atoms with Gasteiger partial charge in [0.25, 0.3) is 0 Å². The van der Waals surface area contributed by atoms with Crippen LogP contribution in [-0.4, -0.2) is 12.1 Å². The third kappa shape index (κ3) is 9.16. The highest BCUT2D eigenvalue weighted by Crippen LogP contribution is 2.26. The molecule has 0 spiro atoms. The molecule has 2 nitrogen and oxygen atoms in total. The van der Waals surface area contributed by atoms with Crippen molar-refractivity contribution in [2.45, 2.75) is 110 Å². The van der Waals surface area contributed by atoms with Crippen LogP contribution in [0.5, 0.6) is 0 Å². The Morgan fingerprint density at radius 3 is 1.76 bits per heavy atom. The second-order valence-electron chi connectivity index (χ2n) is 6.86. The third-order valence-corrected chi connectivity index (χ3v) is 4.67.